The SMILES string of the molecule is O=CC(=C(c1ccc(F)cc1)c1ccc(F)cc1)c1ccccc1. The van der Waals surface area contributed by atoms with Gasteiger partial charge >= 0.3 is 0 Å². The van der Waals surface area contributed by atoms with Gasteiger partial charge < -0.3 is 0 Å². The van der Waals surface area contributed by atoms with Crippen LogP contribution >= 0.6 is 0 Å². The Hall–Kier alpha value is -3.07. The van der Waals surface area contributed by atoms with E-state index >= 15 is 0 Å². The summed E-state index contributed by atoms with van der Waals surface area (Å²) < 4.78 is 26.6. The first-order valence-electron chi connectivity index (χ1n) is 7.46. The average Bonchev–Trinajstić information content (AvgIpc) is 2.62. The number of hydrogen-bond donors (Lipinski definition) is 0. The van der Waals surface area contributed by atoms with E-state index in [2.05, 4.69) is 0 Å². The standard InChI is InChI=1S/C21H14F2O/c22-18-10-6-16(7-11-18)21(17-8-12-19(23)13-9-17)20(14-24)15-4-2-1-3-5-15/h1-14H. The van der Waals surface area contributed by atoms with Crippen LogP contribution < -0.4 is 0 Å². The van der Waals surface area contributed by atoms with Crippen molar-refractivity contribution >= 4 is 17.4 Å². The number of allylic oxidation sites excluding steroid dienone is 1. The van der Waals surface area contributed by atoms with Crippen molar-refractivity contribution in [1.29, 1.82) is 0 Å². The van der Waals surface area contributed by atoms with Crippen LogP contribution in [-0.4, -0.2) is 6.29 Å². The molecule has 0 aromatic heterocycles. The summed E-state index contributed by atoms with van der Waals surface area (Å²) in [5.74, 6) is -0.714. The van der Waals surface area contributed by atoms with E-state index in [0.29, 0.717) is 22.3 Å². The minimum Gasteiger partial charge on any atom is -0.298 e. The second-order valence-electron chi connectivity index (χ2n) is 5.29. The first-order valence-corrected chi connectivity index (χ1v) is 7.46. The third-order valence-corrected chi connectivity index (χ3v) is 3.74. The van der Waals surface area contributed by atoms with Crippen LogP contribution in [-0.2, 0) is 4.79 Å². The van der Waals surface area contributed by atoms with Gasteiger partial charge in [-0.2, -0.15) is 0 Å². The molecular formula is C21H14F2O. The predicted molar refractivity (Wildman–Crippen MR) is 91.2 cm³/mol. The van der Waals surface area contributed by atoms with Gasteiger partial charge in [0.15, 0.2) is 6.29 Å². The maximum Gasteiger partial charge on any atom is 0.151 e. The number of aldehydes is 1. The van der Waals surface area contributed by atoms with Gasteiger partial charge in [-0.15, -0.1) is 0 Å². The molecule has 0 aliphatic rings. The highest BCUT2D eigenvalue weighted by molar-refractivity contribution is 6.20. The highest BCUT2D eigenvalue weighted by atomic mass is 19.1. The lowest BCUT2D eigenvalue weighted by atomic mass is 9.90. The molecular weight excluding hydrogens is 306 g/mol. The molecule has 3 aromatic rings. The Morgan fingerprint density at radius 2 is 1.08 bits per heavy atom. The van der Waals surface area contributed by atoms with Crippen molar-refractivity contribution < 1.29 is 13.6 Å². The van der Waals surface area contributed by atoms with Gasteiger partial charge in [0.05, 0.1) is 0 Å². The molecule has 118 valence electrons. The van der Waals surface area contributed by atoms with Crippen LogP contribution in [0.5, 0.6) is 0 Å². The van der Waals surface area contributed by atoms with Gasteiger partial charge in [-0.05, 0) is 41.0 Å². The molecule has 0 atom stereocenters. The minimum absolute atomic E-state index is 0.357. The molecule has 0 unspecified atom stereocenters. The molecule has 0 heterocycles. The van der Waals surface area contributed by atoms with Gasteiger partial charge in [0.25, 0.3) is 0 Å². The van der Waals surface area contributed by atoms with Crippen molar-refractivity contribution in [3.05, 3.63) is 107 Å². The average molecular weight is 320 g/mol. The summed E-state index contributed by atoms with van der Waals surface area (Å²) in [4.78, 5) is 11.8. The largest absolute Gasteiger partial charge is 0.298 e. The molecule has 3 heteroatoms. The summed E-state index contributed by atoms with van der Waals surface area (Å²) in [6, 6.07) is 21.0. The molecule has 0 spiro atoms. The van der Waals surface area contributed by atoms with Gasteiger partial charge in [-0.3, -0.25) is 4.79 Å². The number of benzene rings is 3. The van der Waals surface area contributed by atoms with Crippen LogP contribution in [0.4, 0.5) is 8.78 Å². The van der Waals surface area contributed by atoms with E-state index in [4.69, 9.17) is 0 Å². The molecule has 24 heavy (non-hydrogen) atoms. The molecule has 0 radical (unpaired) electrons. The van der Waals surface area contributed by atoms with Crippen LogP contribution in [0.25, 0.3) is 11.1 Å². The van der Waals surface area contributed by atoms with Crippen LogP contribution in [0, 0.1) is 11.6 Å². The van der Waals surface area contributed by atoms with E-state index < -0.39 is 0 Å². The van der Waals surface area contributed by atoms with Crippen molar-refractivity contribution in [1.82, 2.24) is 0 Å². The van der Waals surface area contributed by atoms with Gasteiger partial charge in [-0.25, -0.2) is 8.78 Å². The molecule has 0 amide bonds. The van der Waals surface area contributed by atoms with Crippen LogP contribution in [0.1, 0.15) is 16.7 Å². The summed E-state index contributed by atoms with van der Waals surface area (Å²) in [7, 11) is 0. The highest BCUT2D eigenvalue weighted by Gasteiger charge is 2.14. The Morgan fingerprint density at radius 1 is 0.625 bits per heavy atom. The molecule has 0 saturated heterocycles. The number of carbonyl (C=O) groups excluding carboxylic acids is 1. The van der Waals surface area contributed by atoms with Crippen molar-refractivity contribution in [2.45, 2.75) is 0 Å². The summed E-state index contributed by atoms with van der Waals surface area (Å²) >= 11 is 0. The lowest BCUT2D eigenvalue weighted by molar-refractivity contribution is -0.103. The van der Waals surface area contributed by atoms with Crippen LogP contribution in [0.2, 0.25) is 0 Å². The van der Waals surface area contributed by atoms with E-state index in [1.165, 1.54) is 24.3 Å². The molecule has 0 aliphatic carbocycles. The Morgan fingerprint density at radius 3 is 1.50 bits per heavy atom. The maximum atomic E-state index is 13.3. The Labute approximate surface area is 138 Å². The topological polar surface area (TPSA) is 17.1 Å². The van der Waals surface area contributed by atoms with Gasteiger partial charge in [0, 0.05) is 11.1 Å². The Kier molecular flexibility index (Phi) is 4.62. The van der Waals surface area contributed by atoms with Gasteiger partial charge in [0.2, 0.25) is 0 Å². The van der Waals surface area contributed by atoms with Crippen LogP contribution in [0.3, 0.4) is 0 Å². The predicted octanol–water partition coefficient (Wildman–Crippen LogP) is 5.12. The lowest BCUT2D eigenvalue weighted by Crippen LogP contribution is -1.97. The smallest absolute Gasteiger partial charge is 0.151 e. The lowest BCUT2D eigenvalue weighted by Gasteiger charge is -2.13. The first kappa shape index (κ1) is 15.8. The Balaban J connectivity index is 2.28. The number of halogens is 2. The fourth-order valence-corrected chi connectivity index (χ4v) is 2.60. The second kappa shape index (κ2) is 7.01. The van der Waals surface area contributed by atoms with E-state index in [1.807, 2.05) is 30.3 Å². The molecule has 0 aliphatic heterocycles. The zero-order valence-corrected chi connectivity index (χ0v) is 12.7. The van der Waals surface area contributed by atoms with E-state index in [9.17, 15) is 13.6 Å². The third-order valence-electron chi connectivity index (χ3n) is 3.74. The molecule has 3 rings (SSSR count). The zero-order chi connectivity index (χ0) is 16.9. The highest BCUT2D eigenvalue weighted by Crippen LogP contribution is 2.31. The normalized spacial score (nSPS) is 10.2. The summed E-state index contributed by atoms with van der Waals surface area (Å²) in [6.45, 7) is 0. The monoisotopic (exact) mass is 320 g/mol. The van der Waals surface area contributed by atoms with Crippen molar-refractivity contribution in [3.8, 4) is 0 Å². The molecule has 0 N–H and O–H groups in total. The first-order chi connectivity index (χ1) is 11.7. The fourth-order valence-electron chi connectivity index (χ4n) is 2.60. The molecule has 0 bridgehead atoms. The van der Waals surface area contributed by atoms with Crippen LogP contribution in [0.15, 0.2) is 78.9 Å². The van der Waals surface area contributed by atoms with Crippen molar-refractivity contribution in [2.24, 2.45) is 0 Å². The second-order valence-corrected chi connectivity index (χ2v) is 5.29. The Bertz CT molecular complexity index is 816. The van der Waals surface area contributed by atoms with Gasteiger partial charge in [-0.1, -0.05) is 54.6 Å². The zero-order valence-electron chi connectivity index (χ0n) is 12.7. The van der Waals surface area contributed by atoms with E-state index in [-0.39, 0.29) is 11.6 Å². The summed E-state index contributed by atoms with van der Waals surface area (Å²) in [5, 5.41) is 0. The molecule has 3 aromatic carbocycles. The van der Waals surface area contributed by atoms with E-state index in [1.54, 1.807) is 24.3 Å². The number of hydrogen-bond acceptors (Lipinski definition) is 1. The number of rotatable bonds is 4. The fraction of sp³-hybridized carbons (Fsp3) is 0. The maximum absolute atomic E-state index is 13.3. The third kappa shape index (κ3) is 3.30. The molecule has 0 fully saturated rings. The van der Waals surface area contributed by atoms with E-state index in [0.717, 1.165) is 11.8 Å². The molecule has 0 saturated carbocycles. The van der Waals surface area contributed by atoms with Crippen molar-refractivity contribution in [2.75, 3.05) is 0 Å². The number of carbonyl (C=O) groups is 1. The molecule has 1 nitrogen and oxygen atoms in total. The minimum atomic E-state index is -0.357. The summed E-state index contributed by atoms with van der Waals surface area (Å²) in [6.07, 6.45) is 0.775. The van der Waals surface area contributed by atoms with Gasteiger partial charge in [0.1, 0.15) is 11.6 Å². The quantitative estimate of drug-likeness (QED) is 0.370. The van der Waals surface area contributed by atoms with Crippen molar-refractivity contribution in [3.63, 3.8) is 0 Å². The summed E-state index contributed by atoms with van der Waals surface area (Å²) in [5.41, 5.74) is 3.23.